The smallest absolute Gasteiger partial charge is 0.231 e. The maximum absolute atomic E-state index is 5.79. The van der Waals surface area contributed by atoms with Crippen molar-refractivity contribution in [1.82, 2.24) is 0 Å². The zero-order valence-corrected chi connectivity index (χ0v) is 13.6. The highest BCUT2D eigenvalue weighted by Crippen LogP contribution is 2.51. The summed E-state index contributed by atoms with van der Waals surface area (Å²) in [6, 6.07) is 8.28. The molecule has 0 spiro atoms. The molecule has 0 unspecified atom stereocenters. The lowest BCUT2D eigenvalue weighted by Crippen LogP contribution is -2.12. The highest BCUT2D eigenvalue weighted by molar-refractivity contribution is 6.20. The second-order valence-electron chi connectivity index (χ2n) is 6.02. The first kappa shape index (κ1) is 13.6. The maximum atomic E-state index is 5.79. The van der Waals surface area contributed by atoms with E-state index in [9.17, 15) is 0 Å². The van der Waals surface area contributed by atoms with Gasteiger partial charge < -0.3 is 24.3 Å². The molecule has 0 radical (unpaired) electrons. The van der Waals surface area contributed by atoms with Gasteiger partial charge in [-0.15, -0.1) is 0 Å². The summed E-state index contributed by atoms with van der Waals surface area (Å²) >= 11 is 0. The van der Waals surface area contributed by atoms with Crippen LogP contribution in [-0.2, 0) is 6.42 Å². The van der Waals surface area contributed by atoms with E-state index in [1.807, 2.05) is 6.07 Å². The molecule has 5 rings (SSSR count). The van der Waals surface area contributed by atoms with Gasteiger partial charge in [0, 0.05) is 28.4 Å². The van der Waals surface area contributed by atoms with Crippen molar-refractivity contribution in [2.75, 3.05) is 32.9 Å². The number of anilines is 1. The number of methoxy groups -OCH3 is 2. The van der Waals surface area contributed by atoms with E-state index in [0.717, 1.165) is 57.8 Å². The van der Waals surface area contributed by atoms with Crippen LogP contribution < -0.4 is 24.3 Å². The monoisotopic (exact) mass is 323 g/mol. The second-order valence-corrected chi connectivity index (χ2v) is 6.02. The summed E-state index contributed by atoms with van der Waals surface area (Å²) in [6.07, 6.45) is 0.946. The van der Waals surface area contributed by atoms with Crippen LogP contribution in [0, 0.1) is 0 Å². The molecular weight excluding hydrogens is 306 g/mol. The fourth-order valence-electron chi connectivity index (χ4n) is 3.86. The van der Waals surface area contributed by atoms with Gasteiger partial charge in [0.2, 0.25) is 6.79 Å². The Hall–Kier alpha value is -2.82. The highest BCUT2D eigenvalue weighted by Gasteiger charge is 2.26. The molecule has 0 amide bonds. The molecular formula is C19H17NO4. The maximum Gasteiger partial charge on any atom is 0.231 e. The van der Waals surface area contributed by atoms with Gasteiger partial charge in [-0.2, -0.15) is 0 Å². The summed E-state index contributed by atoms with van der Waals surface area (Å²) in [5.74, 6) is 3.03. The van der Waals surface area contributed by atoms with Crippen LogP contribution in [0.3, 0.4) is 0 Å². The largest absolute Gasteiger partial charge is 0.493 e. The first-order chi connectivity index (χ1) is 11.8. The third-order valence-electron chi connectivity index (χ3n) is 4.85. The van der Waals surface area contributed by atoms with Gasteiger partial charge in [-0.25, -0.2) is 0 Å². The van der Waals surface area contributed by atoms with E-state index >= 15 is 0 Å². The zero-order valence-electron chi connectivity index (χ0n) is 13.6. The van der Waals surface area contributed by atoms with E-state index in [4.69, 9.17) is 18.9 Å². The Bertz CT molecular complexity index is 996. The van der Waals surface area contributed by atoms with Crippen molar-refractivity contribution < 1.29 is 18.9 Å². The molecule has 2 aliphatic rings. The van der Waals surface area contributed by atoms with E-state index in [-0.39, 0.29) is 6.79 Å². The Balaban J connectivity index is 2.07. The van der Waals surface area contributed by atoms with Crippen LogP contribution in [0.2, 0.25) is 0 Å². The fourth-order valence-corrected chi connectivity index (χ4v) is 3.86. The van der Waals surface area contributed by atoms with E-state index in [2.05, 4.69) is 23.5 Å². The number of nitrogens with one attached hydrogen (secondary N) is 1. The molecule has 0 fully saturated rings. The molecule has 0 saturated heterocycles. The van der Waals surface area contributed by atoms with Gasteiger partial charge in [-0.05, 0) is 35.6 Å². The van der Waals surface area contributed by atoms with E-state index in [0.29, 0.717) is 0 Å². The molecule has 3 aromatic rings. The predicted octanol–water partition coefficient (Wildman–Crippen LogP) is 3.71. The SMILES string of the molecule is COc1cc2c3c(cc4ccc5c(c4c3c1OC)OCO5)NCC2. The minimum atomic E-state index is 0.245. The van der Waals surface area contributed by atoms with Crippen LogP contribution >= 0.6 is 0 Å². The van der Waals surface area contributed by atoms with Crippen molar-refractivity contribution in [2.24, 2.45) is 0 Å². The summed E-state index contributed by atoms with van der Waals surface area (Å²) in [5, 5.41) is 7.81. The van der Waals surface area contributed by atoms with Crippen molar-refractivity contribution in [3.8, 4) is 23.0 Å². The first-order valence-electron chi connectivity index (χ1n) is 7.98. The average Bonchev–Trinajstić information content (AvgIpc) is 3.10. The van der Waals surface area contributed by atoms with Gasteiger partial charge >= 0.3 is 0 Å². The summed E-state index contributed by atoms with van der Waals surface area (Å²) < 4.78 is 22.7. The summed E-state index contributed by atoms with van der Waals surface area (Å²) in [7, 11) is 3.35. The lowest BCUT2D eigenvalue weighted by atomic mass is 9.91. The molecule has 0 aliphatic carbocycles. The number of fused-ring (bicyclic) bond motifs is 4. The third kappa shape index (κ3) is 1.64. The normalized spacial score (nSPS) is 14.8. The lowest BCUT2D eigenvalue weighted by Gasteiger charge is -2.24. The van der Waals surface area contributed by atoms with Gasteiger partial charge in [-0.3, -0.25) is 0 Å². The van der Waals surface area contributed by atoms with Crippen LogP contribution in [0.25, 0.3) is 21.5 Å². The number of benzene rings is 3. The van der Waals surface area contributed by atoms with Gasteiger partial charge in [0.1, 0.15) is 0 Å². The number of ether oxygens (including phenoxy) is 4. The van der Waals surface area contributed by atoms with Crippen LogP contribution in [0.15, 0.2) is 24.3 Å². The third-order valence-corrected chi connectivity index (χ3v) is 4.85. The lowest BCUT2D eigenvalue weighted by molar-refractivity contribution is 0.175. The first-order valence-corrected chi connectivity index (χ1v) is 7.98. The van der Waals surface area contributed by atoms with Crippen LogP contribution in [-0.4, -0.2) is 27.6 Å². The van der Waals surface area contributed by atoms with Gasteiger partial charge in [0.15, 0.2) is 23.0 Å². The topological polar surface area (TPSA) is 49.0 Å². The Morgan fingerprint density at radius 1 is 1.00 bits per heavy atom. The van der Waals surface area contributed by atoms with Gasteiger partial charge in [-0.1, -0.05) is 6.07 Å². The molecule has 24 heavy (non-hydrogen) atoms. The molecule has 0 bridgehead atoms. The van der Waals surface area contributed by atoms with Gasteiger partial charge in [0.25, 0.3) is 0 Å². The zero-order chi connectivity index (χ0) is 16.3. The summed E-state index contributed by atoms with van der Waals surface area (Å²) in [5.41, 5.74) is 2.38. The number of hydrogen-bond donors (Lipinski definition) is 1. The Labute approximate surface area is 139 Å². The van der Waals surface area contributed by atoms with E-state index in [1.54, 1.807) is 14.2 Å². The second kappa shape index (κ2) is 4.84. The Morgan fingerprint density at radius 2 is 1.92 bits per heavy atom. The molecule has 122 valence electrons. The molecule has 0 aromatic heterocycles. The average molecular weight is 323 g/mol. The Morgan fingerprint density at radius 3 is 2.75 bits per heavy atom. The summed E-state index contributed by atoms with van der Waals surface area (Å²) in [4.78, 5) is 0. The number of rotatable bonds is 2. The minimum Gasteiger partial charge on any atom is -0.493 e. The van der Waals surface area contributed by atoms with Crippen molar-refractivity contribution in [3.63, 3.8) is 0 Å². The van der Waals surface area contributed by atoms with Crippen LogP contribution in [0.1, 0.15) is 5.56 Å². The molecule has 3 aromatic carbocycles. The molecule has 2 heterocycles. The van der Waals surface area contributed by atoms with Crippen LogP contribution in [0.4, 0.5) is 5.69 Å². The van der Waals surface area contributed by atoms with Crippen molar-refractivity contribution in [1.29, 1.82) is 0 Å². The standard InChI is InChI=1S/C19H17NO4/c1-21-14-8-11-5-6-20-12-7-10-3-4-13-19(24-9-23-13)16(10)17(15(11)12)18(14)22-2/h3-4,7-8,20H,5-6,9H2,1-2H3. The van der Waals surface area contributed by atoms with Crippen molar-refractivity contribution in [3.05, 3.63) is 29.8 Å². The number of hydrogen-bond acceptors (Lipinski definition) is 5. The molecule has 5 heteroatoms. The van der Waals surface area contributed by atoms with Crippen LogP contribution in [0.5, 0.6) is 23.0 Å². The van der Waals surface area contributed by atoms with E-state index in [1.165, 1.54) is 10.9 Å². The van der Waals surface area contributed by atoms with Crippen molar-refractivity contribution >= 4 is 27.2 Å². The molecule has 5 nitrogen and oxygen atoms in total. The molecule has 0 atom stereocenters. The quantitative estimate of drug-likeness (QED) is 0.729. The fraction of sp³-hybridized carbons (Fsp3) is 0.263. The van der Waals surface area contributed by atoms with E-state index < -0.39 is 0 Å². The minimum absolute atomic E-state index is 0.245. The molecule has 0 saturated carbocycles. The molecule has 1 N–H and O–H groups in total. The van der Waals surface area contributed by atoms with Crippen molar-refractivity contribution in [2.45, 2.75) is 6.42 Å². The van der Waals surface area contributed by atoms with Gasteiger partial charge in [0.05, 0.1) is 14.2 Å². The molecule has 2 aliphatic heterocycles. The summed E-state index contributed by atoms with van der Waals surface area (Å²) in [6.45, 7) is 1.16. The Kier molecular flexibility index (Phi) is 2.74. The predicted molar refractivity (Wildman–Crippen MR) is 92.9 cm³/mol. The highest BCUT2D eigenvalue weighted by atomic mass is 16.7.